The molecule has 4 heteroatoms. The summed E-state index contributed by atoms with van der Waals surface area (Å²) in [7, 11) is -3.68. The first-order valence-corrected chi connectivity index (χ1v) is 7.91. The van der Waals surface area contributed by atoms with Crippen LogP contribution in [0.4, 0.5) is 0 Å². The van der Waals surface area contributed by atoms with Gasteiger partial charge in [0.25, 0.3) is 10.1 Å². The van der Waals surface area contributed by atoms with Crippen molar-refractivity contribution in [2.45, 2.75) is 64.9 Å². The van der Waals surface area contributed by atoms with E-state index >= 15 is 0 Å². The lowest BCUT2D eigenvalue weighted by molar-refractivity contribution is 0.248. The van der Waals surface area contributed by atoms with Crippen LogP contribution in [0.3, 0.4) is 0 Å². The van der Waals surface area contributed by atoms with E-state index in [0.29, 0.717) is 4.90 Å². The highest BCUT2D eigenvalue weighted by Gasteiger charge is 2.24. The molecule has 0 saturated carbocycles. The Kier molecular flexibility index (Phi) is 4.47. The molecule has 0 unspecified atom stereocenters. The largest absolute Gasteiger partial charge is 0.297 e. The maximum Gasteiger partial charge on any atom is 0.297 e. The summed E-state index contributed by atoms with van der Waals surface area (Å²) < 4.78 is 29.5. The van der Waals surface area contributed by atoms with Gasteiger partial charge in [0.05, 0.1) is 11.0 Å². The minimum absolute atomic E-state index is 0.00326. The second kappa shape index (κ2) is 5.25. The first-order valence-electron chi connectivity index (χ1n) is 6.50. The van der Waals surface area contributed by atoms with Crippen LogP contribution in [0, 0.1) is 13.8 Å². The normalized spacial score (nSPS) is 13.1. The summed E-state index contributed by atoms with van der Waals surface area (Å²) in [5.41, 5.74) is 2.61. The summed E-state index contributed by atoms with van der Waals surface area (Å²) in [4.78, 5) is 0.300. The van der Waals surface area contributed by atoms with Gasteiger partial charge in [-0.1, -0.05) is 32.9 Å². The maximum absolute atomic E-state index is 12.2. The van der Waals surface area contributed by atoms with Crippen molar-refractivity contribution in [3.05, 3.63) is 28.8 Å². The number of hydrogen-bond donors (Lipinski definition) is 0. The third-order valence-electron chi connectivity index (χ3n) is 2.90. The summed E-state index contributed by atoms with van der Waals surface area (Å²) in [5.74, 6) is 0. The number of aryl methyl sites for hydroxylation is 2. The van der Waals surface area contributed by atoms with E-state index in [1.165, 1.54) is 0 Å². The molecule has 0 fully saturated rings. The maximum atomic E-state index is 12.2. The van der Waals surface area contributed by atoms with Crippen LogP contribution in [-0.4, -0.2) is 14.5 Å². The molecular formula is C15H24O3S. The fourth-order valence-electron chi connectivity index (χ4n) is 2.08. The molecule has 0 atom stereocenters. The molecule has 1 aromatic carbocycles. The average molecular weight is 284 g/mol. The molecule has 0 amide bonds. The van der Waals surface area contributed by atoms with Crippen molar-refractivity contribution in [3.63, 3.8) is 0 Å². The fraction of sp³-hybridized carbons (Fsp3) is 0.600. The Morgan fingerprint density at radius 2 is 1.47 bits per heavy atom. The highest BCUT2D eigenvalue weighted by atomic mass is 32.2. The van der Waals surface area contributed by atoms with Gasteiger partial charge in [0.15, 0.2) is 0 Å². The Balaban J connectivity index is 3.41. The second-order valence-electron chi connectivity index (χ2n) is 6.29. The monoisotopic (exact) mass is 284 g/mol. The van der Waals surface area contributed by atoms with Crippen LogP contribution in [0.5, 0.6) is 0 Å². The zero-order valence-electron chi connectivity index (χ0n) is 12.9. The molecule has 1 rings (SSSR count). The quantitative estimate of drug-likeness (QED) is 0.795. The van der Waals surface area contributed by atoms with Gasteiger partial charge < -0.3 is 0 Å². The van der Waals surface area contributed by atoms with Crippen molar-refractivity contribution in [1.82, 2.24) is 0 Å². The molecule has 0 aliphatic heterocycles. The Bertz CT molecular complexity index is 541. The summed E-state index contributed by atoms with van der Waals surface area (Å²) in [6.07, 6.45) is -0.355. The lowest BCUT2D eigenvalue weighted by Crippen LogP contribution is -2.17. The van der Waals surface area contributed by atoms with E-state index < -0.39 is 10.1 Å². The molecule has 19 heavy (non-hydrogen) atoms. The van der Waals surface area contributed by atoms with Gasteiger partial charge in [-0.25, -0.2) is 0 Å². The molecular weight excluding hydrogens is 260 g/mol. The minimum Gasteiger partial charge on any atom is -0.264 e. The first-order chi connectivity index (χ1) is 8.45. The van der Waals surface area contributed by atoms with E-state index in [-0.39, 0.29) is 11.5 Å². The molecule has 0 aliphatic rings. The molecule has 0 spiro atoms. The standard InChI is InChI=1S/C15H24O3S/c1-10(2)18-19(16,17)14-11(3)8-13(9-12(14)4)15(5,6)7/h8-10H,1-7H3. The summed E-state index contributed by atoms with van der Waals surface area (Å²) in [5, 5.41) is 0. The lowest BCUT2D eigenvalue weighted by atomic mass is 9.85. The number of hydrogen-bond acceptors (Lipinski definition) is 3. The van der Waals surface area contributed by atoms with E-state index in [4.69, 9.17) is 4.18 Å². The van der Waals surface area contributed by atoms with Crippen LogP contribution in [0.2, 0.25) is 0 Å². The van der Waals surface area contributed by atoms with E-state index in [0.717, 1.165) is 16.7 Å². The predicted octanol–water partition coefficient (Wildman–Crippen LogP) is 3.71. The molecule has 0 heterocycles. The Labute approximate surface area is 117 Å². The lowest BCUT2D eigenvalue weighted by Gasteiger charge is -2.22. The SMILES string of the molecule is Cc1cc(C(C)(C)C)cc(C)c1S(=O)(=O)OC(C)C. The Morgan fingerprint density at radius 1 is 1.05 bits per heavy atom. The van der Waals surface area contributed by atoms with Crippen LogP contribution < -0.4 is 0 Å². The fourth-order valence-corrected chi connectivity index (χ4v) is 3.59. The number of rotatable bonds is 3. The first kappa shape index (κ1) is 16.2. The van der Waals surface area contributed by atoms with E-state index in [9.17, 15) is 8.42 Å². The van der Waals surface area contributed by atoms with Crippen molar-refractivity contribution in [2.75, 3.05) is 0 Å². The average Bonchev–Trinajstić information content (AvgIpc) is 2.11. The van der Waals surface area contributed by atoms with Crippen LogP contribution in [-0.2, 0) is 19.7 Å². The van der Waals surface area contributed by atoms with Gasteiger partial charge in [0.2, 0.25) is 0 Å². The molecule has 1 aromatic rings. The Morgan fingerprint density at radius 3 is 1.79 bits per heavy atom. The summed E-state index contributed by atoms with van der Waals surface area (Å²) in [6, 6.07) is 3.87. The smallest absolute Gasteiger partial charge is 0.264 e. The van der Waals surface area contributed by atoms with Gasteiger partial charge >= 0.3 is 0 Å². The van der Waals surface area contributed by atoms with Gasteiger partial charge in [-0.2, -0.15) is 8.42 Å². The van der Waals surface area contributed by atoms with Crippen molar-refractivity contribution >= 4 is 10.1 Å². The van der Waals surface area contributed by atoms with Crippen LogP contribution in [0.15, 0.2) is 17.0 Å². The van der Waals surface area contributed by atoms with Crippen molar-refractivity contribution in [2.24, 2.45) is 0 Å². The number of benzene rings is 1. The van der Waals surface area contributed by atoms with Crippen molar-refractivity contribution in [3.8, 4) is 0 Å². The zero-order chi connectivity index (χ0) is 15.0. The van der Waals surface area contributed by atoms with Crippen molar-refractivity contribution < 1.29 is 12.6 Å². The van der Waals surface area contributed by atoms with Gasteiger partial charge in [-0.15, -0.1) is 0 Å². The third kappa shape index (κ3) is 3.80. The van der Waals surface area contributed by atoms with Gasteiger partial charge in [0, 0.05) is 0 Å². The highest BCUT2D eigenvalue weighted by molar-refractivity contribution is 7.86. The molecule has 0 radical (unpaired) electrons. The van der Waals surface area contributed by atoms with E-state index in [1.54, 1.807) is 13.8 Å². The Hall–Kier alpha value is -0.870. The molecule has 0 saturated heterocycles. The van der Waals surface area contributed by atoms with Crippen LogP contribution >= 0.6 is 0 Å². The molecule has 3 nitrogen and oxygen atoms in total. The topological polar surface area (TPSA) is 43.4 Å². The van der Waals surface area contributed by atoms with Gasteiger partial charge in [-0.05, 0) is 49.8 Å². The van der Waals surface area contributed by atoms with Gasteiger partial charge in [0.1, 0.15) is 0 Å². The second-order valence-corrected chi connectivity index (χ2v) is 7.80. The van der Waals surface area contributed by atoms with Crippen LogP contribution in [0.25, 0.3) is 0 Å². The van der Waals surface area contributed by atoms with Gasteiger partial charge in [-0.3, -0.25) is 4.18 Å². The molecule has 0 N–H and O–H groups in total. The molecule has 0 bridgehead atoms. The summed E-state index contributed by atoms with van der Waals surface area (Å²) >= 11 is 0. The minimum atomic E-state index is -3.68. The molecule has 0 aromatic heterocycles. The highest BCUT2D eigenvalue weighted by Crippen LogP contribution is 2.30. The molecule has 108 valence electrons. The molecule has 0 aliphatic carbocycles. The summed E-state index contributed by atoms with van der Waals surface area (Å²) in [6.45, 7) is 13.4. The zero-order valence-corrected chi connectivity index (χ0v) is 13.7. The van der Waals surface area contributed by atoms with Crippen molar-refractivity contribution in [1.29, 1.82) is 0 Å². The predicted molar refractivity (Wildman–Crippen MR) is 78.0 cm³/mol. The van der Waals surface area contributed by atoms with Crippen LogP contribution in [0.1, 0.15) is 51.3 Å². The van der Waals surface area contributed by atoms with E-state index in [2.05, 4.69) is 20.8 Å². The third-order valence-corrected chi connectivity index (χ3v) is 4.68. The van der Waals surface area contributed by atoms with E-state index in [1.807, 2.05) is 26.0 Å².